The van der Waals surface area contributed by atoms with Gasteiger partial charge in [0, 0.05) is 16.7 Å². The number of hydrogen-bond acceptors (Lipinski definition) is 3. The van der Waals surface area contributed by atoms with Crippen LogP contribution in [0.15, 0.2) is 188 Å². The molecule has 0 bridgehead atoms. The molecule has 1 aromatic heterocycles. The summed E-state index contributed by atoms with van der Waals surface area (Å²) in [5.41, 5.74) is 7.33. The first kappa shape index (κ1) is 29.9. The van der Waals surface area contributed by atoms with E-state index in [0.29, 0.717) is 17.5 Å². The second-order valence-corrected chi connectivity index (χ2v) is 13.2. The first-order valence-corrected chi connectivity index (χ1v) is 17.6. The van der Waals surface area contributed by atoms with Crippen LogP contribution in [0, 0.1) is 0 Å². The summed E-state index contributed by atoms with van der Waals surface area (Å²) in [6, 6.07) is 66.6. The Kier molecular flexibility index (Phi) is 7.14. The van der Waals surface area contributed by atoms with Crippen LogP contribution in [0.2, 0.25) is 0 Å². The average molecular weight is 662 g/mol. The number of rotatable bonds is 5. The zero-order valence-corrected chi connectivity index (χ0v) is 28.2. The van der Waals surface area contributed by atoms with Crippen LogP contribution in [0.3, 0.4) is 0 Å². The summed E-state index contributed by atoms with van der Waals surface area (Å²) in [4.78, 5) is 15.2. The van der Waals surface area contributed by atoms with E-state index >= 15 is 0 Å². The molecule has 0 saturated heterocycles. The van der Waals surface area contributed by atoms with Gasteiger partial charge >= 0.3 is 0 Å². The van der Waals surface area contributed by atoms with Crippen molar-refractivity contribution in [1.82, 2.24) is 15.0 Å². The van der Waals surface area contributed by atoms with E-state index in [1.54, 1.807) is 0 Å². The van der Waals surface area contributed by atoms with Crippen LogP contribution >= 0.6 is 0 Å². The molecular formula is C49H31N3. The Morgan fingerprint density at radius 3 is 1.29 bits per heavy atom. The Bertz CT molecular complexity index is 2850. The Hall–Kier alpha value is -6.97. The summed E-state index contributed by atoms with van der Waals surface area (Å²) in [7, 11) is 0. The fourth-order valence-electron chi connectivity index (χ4n) is 7.58. The Morgan fingerprint density at radius 2 is 0.673 bits per heavy atom. The molecule has 10 aromatic rings. The van der Waals surface area contributed by atoms with Crippen LogP contribution in [0.4, 0.5) is 0 Å². The Balaban J connectivity index is 1.25. The first-order valence-electron chi connectivity index (χ1n) is 17.6. The van der Waals surface area contributed by atoms with Crippen molar-refractivity contribution in [1.29, 1.82) is 0 Å². The number of fused-ring (bicyclic) bond motifs is 7. The molecule has 3 nitrogen and oxygen atoms in total. The number of nitrogens with zero attached hydrogens (tertiary/aromatic N) is 3. The molecule has 3 heteroatoms. The van der Waals surface area contributed by atoms with Crippen LogP contribution in [0.5, 0.6) is 0 Å². The van der Waals surface area contributed by atoms with E-state index in [0.717, 1.165) is 33.4 Å². The highest BCUT2D eigenvalue weighted by molar-refractivity contribution is 6.25. The minimum Gasteiger partial charge on any atom is -0.208 e. The van der Waals surface area contributed by atoms with Crippen molar-refractivity contribution in [2.45, 2.75) is 0 Å². The Morgan fingerprint density at radius 1 is 0.231 bits per heavy atom. The minimum absolute atomic E-state index is 0.633. The van der Waals surface area contributed by atoms with E-state index in [1.165, 1.54) is 48.7 Å². The van der Waals surface area contributed by atoms with Gasteiger partial charge in [-0.05, 0) is 89.6 Å². The molecule has 52 heavy (non-hydrogen) atoms. The van der Waals surface area contributed by atoms with Crippen LogP contribution in [0.25, 0.3) is 99.5 Å². The molecule has 0 amide bonds. The molecule has 0 radical (unpaired) electrons. The van der Waals surface area contributed by atoms with Crippen molar-refractivity contribution in [3.05, 3.63) is 188 Å². The van der Waals surface area contributed by atoms with Crippen LogP contribution < -0.4 is 0 Å². The zero-order chi connectivity index (χ0) is 34.4. The largest absolute Gasteiger partial charge is 0.208 e. The molecule has 0 fully saturated rings. The first-order chi connectivity index (χ1) is 25.8. The van der Waals surface area contributed by atoms with Gasteiger partial charge in [-0.2, -0.15) is 0 Å². The van der Waals surface area contributed by atoms with Gasteiger partial charge in [-0.25, -0.2) is 15.0 Å². The van der Waals surface area contributed by atoms with Gasteiger partial charge in [-0.15, -0.1) is 0 Å². The third-order valence-corrected chi connectivity index (χ3v) is 10.1. The van der Waals surface area contributed by atoms with Crippen LogP contribution in [-0.2, 0) is 0 Å². The van der Waals surface area contributed by atoms with Crippen LogP contribution in [0.1, 0.15) is 0 Å². The fraction of sp³-hybridized carbons (Fsp3) is 0. The van der Waals surface area contributed by atoms with Crippen LogP contribution in [-0.4, -0.2) is 15.0 Å². The molecule has 10 rings (SSSR count). The third kappa shape index (κ3) is 5.19. The van der Waals surface area contributed by atoms with Crippen molar-refractivity contribution in [2.75, 3.05) is 0 Å². The van der Waals surface area contributed by atoms with Gasteiger partial charge < -0.3 is 0 Å². The maximum atomic E-state index is 5.13. The summed E-state index contributed by atoms with van der Waals surface area (Å²) >= 11 is 0. The van der Waals surface area contributed by atoms with E-state index in [-0.39, 0.29) is 0 Å². The second-order valence-electron chi connectivity index (χ2n) is 13.2. The summed E-state index contributed by atoms with van der Waals surface area (Å²) in [5.74, 6) is 1.92. The summed E-state index contributed by atoms with van der Waals surface area (Å²) in [5, 5.41) is 9.95. The van der Waals surface area contributed by atoms with Gasteiger partial charge in [0.25, 0.3) is 0 Å². The maximum Gasteiger partial charge on any atom is 0.164 e. The lowest BCUT2D eigenvalue weighted by Gasteiger charge is -2.15. The van der Waals surface area contributed by atoms with Gasteiger partial charge in [0.05, 0.1) is 0 Å². The highest BCUT2D eigenvalue weighted by Gasteiger charge is 2.17. The van der Waals surface area contributed by atoms with Gasteiger partial charge in [-0.1, -0.05) is 164 Å². The van der Waals surface area contributed by atoms with Crippen molar-refractivity contribution < 1.29 is 0 Å². The predicted molar refractivity (Wildman–Crippen MR) is 217 cm³/mol. The second kappa shape index (κ2) is 12.4. The number of aromatic nitrogens is 3. The fourth-order valence-corrected chi connectivity index (χ4v) is 7.58. The van der Waals surface area contributed by atoms with Gasteiger partial charge in [0.1, 0.15) is 0 Å². The number of benzene rings is 9. The van der Waals surface area contributed by atoms with E-state index < -0.39 is 0 Å². The standard InChI is InChI=1S/C49H31N3/c1-3-15-33(16-4-1)47-50-48(34-17-5-2-6-18-34)52-49(51-47)38-29-36(28-37(30-38)40-25-13-19-32-14-7-8-20-39(32)40)35-26-27-45-43-23-10-9-21-41(43)42-22-11-12-24-44(42)46(45)31-35/h1-31H. The van der Waals surface area contributed by atoms with E-state index in [1.807, 2.05) is 36.4 Å². The monoisotopic (exact) mass is 661 g/mol. The lowest BCUT2D eigenvalue weighted by Crippen LogP contribution is -2.00. The van der Waals surface area contributed by atoms with Gasteiger partial charge in [-0.3, -0.25) is 0 Å². The topological polar surface area (TPSA) is 38.7 Å². The summed E-state index contributed by atoms with van der Waals surface area (Å²) in [6.45, 7) is 0. The molecular weight excluding hydrogens is 631 g/mol. The van der Waals surface area contributed by atoms with Gasteiger partial charge in [0.15, 0.2) is 17.5 Å². The normalized spacial score (nSPS) is 11.5. The minimum atomic E-state index is 0.633. The molecule has 1 heterocycles. The van der Waals surface area contributed by atoms with Crippen molar-refractivity contribution in [3.8, 4) is 56.4 Å². The maximum absolute atomic E-state index is 5.13. The highest BCUT2D eigenvalue weighted by Crippen LogP contribution is 2.40. The summed E-state index contributed by atoms with van der Waals surface area (Å²) < 4.78 is 0. The molecule has 0 aliphatic heterocycles. The molecule has 0 spiro atoms. The quantitative estimate of drug-likeness (QED) is 0.172. The van der Waals surface area contributed by atoms with Crippen molar-refractivity contribution in [2.24, 2.45) is 0 Å². The zero-order valence-electron chi connectivity index (χ0n) is 28.2. The lowest BCUT2D eigenvalue weighted by molar-refractivity contribution is 1.07. The molecule has 0 N–H and O–H groups in total. The van der Waals surface area contributed by atoms with Crippen molar-refractivity contribution >= 4 is 43.1 Å². The highest BCUT2D eigenvalue weighted by atomic mass is 15.0. The van der Waals surface area contributed by atoms with E-state index in [4.69, 9.17) is 15.0 Å². The Labute approximate surface area is 301 Å². The summed E-state index contributed by atoms with van der Waals surface area (Å²) in [6.07, 6.45) is 0. The third-order valence-electron chi connectivity index (χ3n) is 10.1. The predicted octanol–water partition coefficient (Wildman–Crippen LogP) is 12.8. The number of hydrogen-bond donors (Lipinski definition) is 0. The smallest absolute Gasteiger partial charge is 0.164 e. The molecule has 242 valence electrons. The van der Waals surface area contributed by atoms with E-state index in [9.17, 15) is 0 Å². The molecule has 0 aliphatic rings. The van der Waals surface area contributed by atoms with E-state index in [2.05, 4.69) is 152 Å². The van der Waals surface area contributed by atoms with Gasteiger partial charge in [0.2, 0.25) is 0 Å². The molecule has 0 saturated carbocycles. The molecule has 0 aliphatic carbocycles. The molecule has 9 aromatic carbocycles. The average Bonchev–Trinajstić information content (AvgIpc) is 3.23. The SMILES string of the molecule is c1ccc(-c2nc(-c3ccccc3)nc(-c3cc(-c4ccc5c6ccccc6c6ccccc6c5c4)cc(-c4cccc5ccccc45)c3)n2)cc1. The lowest BCUT2D eigenvalue weighted by atomic mass is 9.90. The molecule has 0 unspecified atom stereocenters. The van der Waals surface area contributed by atoms with Crippen molar-refractivity contribution in [3.63, 3.8) is 0 Å². The molecule has 0 atom stereocenters.